The molecule has 2 heterocycles. The van der Waals surface area contributed by atoms with E-state index in [1.165, 1.54) is 6.92 Å². The fourth-order valence-corrected chi connectivity index (χ4v) is 1.05. The number of hydrogen-bond acceptors (Lipinski definition) is 2. The molecule has 0 radical (unpaired) electrons. The Morgan fingerprint density at radius 2 is 2.58 bits per heavy atom. The Labute approximate surface area is 68.4 Å². The highest BCUT2D eigenvalue weighted by Gasteiger charge is 2.01. The van der Waals surface area contributed by atoms with Crippen molar-refractivity contribution < 1.29 is 4.79 Å². The quantitative estimate of drug-likeness (QED) is 0.649. The molecule has 0 unspecified atom stereocenters. The third-order valence-corrected chi connectivity index (χ3v) is 1.49. The van der Waals surface area contributed by atoms with Crippen molar-refractivity contribution in [3.8, 4) is 0 Å². The molecule has 12 heavy (non-hydrogen) atoms. The van der Waals surface area contributed by atoms with Gasteiger partial charge in [-0.1, -0.05) is 0 Å². The van der Waals surface area contributed by atoms with Crippen LogP contribution in [0.25, 0.3) is 5.65 Å². The third-order valence-electron chi connectivity index (χ3n) is 1.49. The number of nitrogens with zero attached hydrogens (tertiary/aromatic N) is 2. The van der Waals surface area contributed by atoms with Crippen molar-refractivity contribution in [2.45, 2.75) is 6.92 Å². The fourth-order valence-electron chi connectivity index (χ4n) is 1.05. The Bertz CT molecular complexity index is 385. The molecular weight excluding hydrogens is 156 g/mol. The molecule has 5 heteroatoms. The minimum absolute atomic E-state index is 0.115. The van der Waals surface area contributed by atoms with Crippen molar-refractivity contribution in [1.82, 2.24) is 14.6 Å². The smallest absolute Gasteiger partial charge is 0.222 e. The van der Waals surface area contributed by atoms with Gasteiger partial charge < -0.3 is 10.3 Å². The topological polar surface area (TPSA) is 62.2 Å². The fraction of sp³-hybridized carbons (Fsp3) is 0.143. The summed E-state index contributed by atoms with van der Waals surface area (Å²) in [4.78, 5) is 13.6. The Kier molecular flexibility index (Phi) is 1.36. The third kappa shape index (κ3) is 1.05. The van der Waals surface area contributed by atoms with Gasteiger partial charge >= 0.3 is 0 Å². The van der Waals surface area contributed by atoms with Crippen molar-refractivity contribution in [2.24, 2.45) is 0 Å². The lowest BCUT2D eigenvalue weighted by molar-refractivity contribution is -0.114. The lowest BCUT2D eigenvalue weighted by Gasteiger charge is -1.91. The first-order valence-electron chi connectivity index (χ1n) is 3.56. The summed E-state index contributed by atoms with van der Waals surface area (Å²) in [6, 6.07) is 1.77. The standard InChI is InChI=1S/C7H8N4O/c1-5(12)9-6-4-7-8-2-3-11(7)10-6/h2-4,8H,1H3,(H,9,10,12). The number of anilines is 1. The second kappa shape index (κ2) is 2.37. The summed E-state index contributed by atoms with van der Waals surface area (Å²) >= 11 is 0. The number of H-pyrrole nitrogens is 1. The van der Waals surface area contributed by atoms with Gasteiger partial charge in [-0.3, -0.25) is 4.79 Å². The number of aromatic amines is 1. The number of nitrogens with one attached hydrogen (secondary N) is 2. The molecule has 0 saturated heterocycles. The highest BCUT2D eigenvalue weighted by atomic mass is 16.1. The van der Waals surface area contributed by atoms with E-state index in [0.29, 0.717) is 5.82 Å². The maximum atomic E-state index is 10.6. The molecule has 0 aromatic carbocycles. The zero-order chi connectivity index (χ0) is 8.55. The number of carbonyl (C=O) groups is 1. The Morgan fingerprint density at radius 3 is 3.25 bits per heavy atom. The minimum Gasteiger partial charge on any atom is -0.345 e. The molecule has 0 bridgehead atoms. The van der Waals surface area contributed by atoms with Crippen LogP contribution in [0.5, 0.6) is 0 Å². The van der Waals surface area contributed by atoms with Gasteiger partial charge in [0.05, 0.1) is 0 Å². The highest BCUT2D eigenvalue weighted by molar-refractivity contribution is 5.88. The maximum Gasteiger partial charge on any atom is 0.222 e. The van der Waals surface area contributed by atoms with E-state index in [1.807, 2.05) is 0 Å². The summed E-state index contributed by atoms with van der Waals surface area (Å²) in [5, 5.41) is 6.66. The van der Waals surface area contributed by atoms with E-state index in [2.05, 4.69) is 15.4 Å². The normalized spacial score (nSPS) is 10.4. The summed E-state index contributed by atoms with van der Waals surface area (Å²) in [7, 11) is 0. The summed E-state index contributed by atoms with van der Waals surface area (Å²) in [6.07, 6.45) is 3.56. The van der Waals surface area contributed by atoms with Crippen molar-refractivity contribution >= 4 is 17.4 Å². The molecule has 0 aliphatic rings. The molecule has 0 fully saturated rings. The van der Waals surface area contributed by atoms with Gasteiger partial charge in [-0.25, -0.2) is 4.52 Å². The van der Waals surface area contributed by atoms with Crippen LogP contribution in [0.1, 0.15) is 6.92 Å². The lowest BCUT2D eigenvalue weighted by atomic mass is 10.6. The SMILES string of the molecule is CC(=O)Nc1cc2[nH]ccn2n1. The Morgan fingerprint density at radius 1 is 1.75 bits per heavy atom. The van der Waals surface area contributed by atoms with Gasteiger partial charge in [0, 0.05) is 25.4 Å². The number of carbonyl (C=O) groups excluding carboxylic acids is 1. The first-order chi connectivity index (χ1) is 5.75. The zero-order valence-electron chi connectivity index (χ0n) is 6.53. The lowest BCUT2D eigenvalue weighted by Crippen LogP contribution is -2.06. The van der Waals surface area contributed by atoms with Gasteiger partial charge in [0.25, 0.3) is 0 Å². The molecule has 0 spiro atoms. The van der Waals surface area contributed by atoms with E-state index < -0.39 is 0 Å². The first-order valence-corrected chi connectivity index (χ1v) is 3.56. The van der Waals surface area contributed by atoms with Gasteiger partial charge in [0.2, 0.25) is 5.91 Å². The zero-order valence-corrected chi connectivity index (χ0v) is 6.53. The molecule has 2 N–H and O–H groups in total. The Hall–Kier alpha value is -1.78. The van der Waals surface area contributed by atoms with Crippen molar-refractivity contribution in [3.05, 3.63) is 18.5 Å². The van der Waals surface area contributed by atoms with Crippen LogP contribution >= 0.6 is 0 Å². The number of amides is 1. The number of rotatable bonds is 1. The molecule has 0 saturated carbocycles. The molecule has 62 valence electrons. The van der Waals surface area contributed by atoms with E-state index in [4.69, 9.17) is 0 Å². The van der Waals surface area contributed by atoms with Crippen molar-refractivity contribution in [2.75, 3.05) is 5.32 Å². The van der Waals surface area contributed by atoms with Gasteiger partial charge in [0.15, 0.2) is 5.82 Å². The van der Waals surface area contributed by atoms with Crippen molar-refractivity contribution in [3.63, 3.8) is 0 Å². The van der Waals surface area contributed by atoms with Crippen LogP contribution in [-0.4, -0.2) is 20.5 Å². The van der Waals surface area contributed by atoms with Gasteiger partial charge in [0.1, 0.15) is 5.65 Å². The van der Waals surface area contributed by atoms with Crippen LogP contribution in [0.2, 0.25) is 0 Å². The van der Waals surface area contributed by atoms with E-state index in [1.54, 1.807) is 23.0 Å². The number of aromatic nitrogens is 3. The summed E-state index contributed by atoms with van der Waals surface area (Å²) in [6.45, 7) is 1.45. The first kappa shape index (κ1) is 6.90. The average Bonchev–Trinajstić information content (AvgIpc) is 2.43. The van der Waals surface area contributed by atoms with Gasteiger partial charge in [-0.05, 0) is 0 Å². The summed E-state index contributed by atoms with van der Waals surface area (Å²) < 4.78 is 1.66. The molecule has 1 amide bonds. The number of imidazole rings is 1. The average molecular weight is 164 g/mol. The van der Waals surface area contributed by atoms with Crippen LogP contribution in [0.3, 0.4) is 0 Å². The van der Waals surface area contributed by atoms with Crippen LogP contribution < -0.4 is 5.32 Å². The highest BCUT2D eigenvalue weighted by Crippen LogP contribution is 2.07. The molecule has 2 aromatic rings. The number of fused-ring (bicyclic) bond motifs is 1. The van der Waals surface area contributed by atoms with Crippen LogP contribution in [0, 0.1) is 0 Å². The predicted molar refractivity (Wildman–Crippen MR) is 43.8 cm³/mol. The summed E-state index contributed by atoms with van der Waals surface area (Å²) in [5.41, 5.74) is 0.860. The van der Waals surface area contributed by atoms with Crippen LogP contribution in [-0.2, 0) is 4.79 Å². The van der Waals surface area contributed by atoms with E-state index in [-0.39, 0.29) is 5.91 Å². The maximum absolute atomic E-state index is 10.6. The van der Waals surface area contributed by atoms with Gasteiger partial charge in [-0.2, -0.15) is 0 Å². The van der Waals surface area contributed by atoms with E-state index in [9.17, 15) is 4.79 Å². The second-order valence-corrected chi connectivity index (χ2v) is 2.50. The van der Waals surface area contributed by atoms with E-state index in [0.717, 1.165) is 5.65 Å². The monoisotopic (exact) mass is 164 g/mol. The number of hydrogen-bond donors (Lipinski definition) is 2. The molecule has 2 aromatic heterocycles. The molecule has 2 rings (SSSR count). The molecule has 0 aliphatic heterocycles. The van der Waals surface area contributed by atoms with Crippen molar-refractivity contribution in [1.29, 1.82) is 0 Å². The van der Waals surface area contributed by atoms with E-state index >= 15 is 0 Å². The second-order valence-electron chi connectivity index (χ2n) is 2.50. The summed E-state index contributed by atoms with van der Waals surface area (Å²) in [5.74, 6) is 0.449. The Balaban J connectivity index is 2.38. The predicted octanol–water partition coefficient (Wildman–Crippen LogP) is 0.621. The molecular formula is C7H8N4O. The van der Waals surface area contributed by atoms with Crippen LogP contribution in [0.15, 0.2) is 18.5 Å². The molecule has 0 aliphatic carbocycles. The van der Waals surface area contributed by atoms with Gasteiger partial charge in [-0.15, -0.1) is 5.10 Å². The van der Waals surface area contributed by atoms with Crippen LogP contribution in [0.4, 0.5) is 5.82 Å². The minimum atomic E-state index is -0.115. The molecule has 0 atom stereocenters. The molecule has 5 nitrogen and oxygen atoms in total. The largest absolute Gasteiger partial charge is 0.345 e.